The van der Waals surface area contributed by atoms with E-state index in [1.54, 1.807) is 36.4 Å². The van der Waals surface area contributed by atoms with Gasteiger partial charge in [-0.05, 0) is 62.2 Å². The van der Waals surface area contributed by atoms with Crippen molar-refractivity contribution in [2.75, 3.05) is 13.2 Å². The molecule has 2 aromatic rings. The first-order valence-corrected chi connectivity index (χ1v) is 11.2. The Morgan fingerprint density at radius 3 is 2.00 bits per heavy atom. The molecular weight excluding hydrogens is 404 g/mol. The highest BCUT2D eigenvalue weighted by atomic mass is 32.2. The Hall–Kier alpha value is -2.58. The summed E-state index contributed by atoms with van der Waals surface area (Å²) in [5.74, 6) is 0.373. The van der Waals surface area contributed by atoms with Gasteiger partial charge in [-0.15, -0.1) is 0 Å². The lowest BCUT2D eigenvalue weighted by molar-refractivity contribution is -0.120. The highest BCUT2D eigenvalue weighted by Gasteiger charge is 2.46. The van der Waals surface area contributed by atoms with Crippen LogP contribution >= 0.6 is 0 Å². The number of hydrogen-bond donors (Lipinski definition) is 2. The molecule has 0 fully saturated rings. The summed E-state index contributed by atoms with van der Waals surface area (Å²) in [6, 6.07) is 13.1. The maximum atomic E-state index is 13.2. The summed E-state index contributed by atoms with van der Waals surface area (Å²) in [4.78, 5) is 12.3. The molecule has 0 aliphatic heterocycles. The topological polar surface area (TPSA) is 131 Å². The van der Waals surface area contributed by atoms with Crippen LogP contribution in [0.3, 0.4) is 0 Å². The largest absolute Gasteiger partial charge is 0.494 e. The average Bonchev–Trinajstić information content (AvgIpc) is 2.70. The van der Waals surface area contributed by atoms with Gasteiger partial charge in [0.15, 0.2) is 14.6 Å². The zero-order valence-corrected chi connectivity index (χ0v) is 18.7. The first kappa shape index (κ1) is 25.5. The number of benzene rings is 2. The molecule has 0 radical (unpaired) electrons. The molecule has 8 heteroatoms. The van der Waals surface area contributed by atoms with Crippen LogP contribution in [0.5, 0.6) is 11.5 Å². The van der Waals surface area contributed by atoms with Gasteiger partial charge in [-0.25, -0.2) is 8.42 Å². The van der Waals surface area contributed by atoms with E-state index in [4.69, 9.17) is 15.2 Å². The molecule has 0 aliphatic rings. The van der Waals surface area contributed by atoms with Crippen LogP contribution in [-0.4, -0.2) is 32.3 Å². The Morgan fingerprint density at radius 2 is 1.50 bits per heavy atom. The Balaban J connectivity index is 0.00000450. The number of unbranched alkanes of at least 4 members (excludes halogenated alkanes) is 1. The minimum Gasteiger partial charge on any atom is -0.494 e. The summed E-state index contributed by atoms with van der Waals surface area (Å²) in [7, 11) is -4.02. The third-order valence-electron chi connectivity index (χ3n) is 4.79. The Kier molecular flexibility index (Phi) is 9.32. The zero-order chi connectivity index (χ0) is 21.5. The summed E-state index contributed by atoms with van der Waals surface area (Å²) in [5, 5.41) is 0. The number of ether oxygens (including phenoxy) is 2. The van der Waals surface area contributed by atoms with Gasteiger partial charge in [-0.3, -0.25) is 4.79 Å². The minimum absolute atomic E-state index is 0. The average molecular weight is 437 g/mol. The van der Waals surface area contributed by atoms with Gasteiger partial charge in [0.1, 0.15) is 11.5 Å². The molecule has 7 nitrogen and oxygen atoms in total. The molecule has 0 spiro atoms. The maximum absolute atomic E-state index is 13.2. The fourth-order valence-electron chi connectivity index (χ4n) is 2.88. The van der Waals surface area contributed by atoms with Crippen molar-refractivity contribution in [3.8, 4) is 11.5 Å². The van der Waals surface area contributed by atoms with Crippen LogP contribution < -0.4 is 21.4 Å². The van der Waals surface area contributed by atoms with E-state index in [0.29, 0.717) is 30.3 Å². The van der Waals surface area contributed by atoms with Crippen LogP contribution in [0.2, 0.25) is 0 Å². The van der Waals surface area contributed by atoms with Crippen LogP contribution in [0.25, 0.3) is 0 Å². The van der Waals surface area contributed by atoms with Crippen molar-refractivity contribution in [2.45, 2.75) is 49.7 Å². The Morgan fingerprint density at radius 1 is 0.967 bits per heavy atom. The van der Waals surface area contributed by atoms with E-state index >= 15 is 0 Å². The fourth-order valence-corrected chi connectivity index (χ4v) is 4.52. The van der Waals surface area contributed by atoms with Gasteiger partial charge in [0, 0.05) is 6.42 Å². The van der Waals surface area contributed by atoms with Crippen molar-refractivity contribution in [1.82, 2.24) is 6.15 Å². The van der Waals surface area contributed by atoms with Crippen molar-refractivity contribution >= 4 is 15.7 Å². The molecule has 2 rings (SSSR count). The minimum atomic E-state index is -4.02. The molecule has 30 heavy (non-hydrogen) atoms. The normalized spacial score (nSPS) is 13.0. The highest BCUT2D eigenvalue weighted by molar-refractivity contribution is 7.93. The monoisotopic (exact) mass is 436 g/mol. The van der Waals surface area contributed by atoms with Crippen LogP contribution in [0, 0.1) is 0 Å². The smallest absolute Gasteiger partial charge is 0.239 e. The molecule has 0 saturated heterocycles. The van der Waals surface area contributed by atoms with Gasteiger partial charge in [0.2, 0.25) is 5.91 Å². The Bertz CT molecular complexity index is 912. The molecule has 0 aromatic heterocycles. The number of carbonyl (C=O) groups excluding carboxylic acids is 1. The van der Waals surface area contributed by atoms with Crippen molar-refractivity contribution in [3.63, 3.8) is 0 Å². The molecule has 0 bridgehead atoms. The van der Waals surface area contributed by atoms with Crippen molar-refractivity contribution < 1.29 is 22.7 Å². The van der Waals surface area contributed by atoms with Crippen molar-refractivity contribution in [3.05, 3.63) is 54.1 Å². The van der Waals surface area contributed by atoms with Gasteiger partial charge in [-0.1, -0.05) is 25.5 Å². The second-order valence-electron chi connectivity index (χ2n) is 7.03. The lowest BCUT2D eigenvalue weighted by Crippen LogP contribution is -2.49. The lowest BCUT2D eigenvalue weighted by atomic mass is 9.99. The van der Waals surface area contributed by atoms with Gasteiger partial charge < -0.3 is 21.4 Å². The number of nitrogens with two attached hydrogens (primary N) is 1. The quantitative estimate of drug-likeness (QED) is 0.517. The van der Waals surface area contributed by atoms with Crippen molar-refractivity contribution in [2.24, 2.45) is 5.73 Å². The molecule has 2 aromatic carbocycles. The van der Waals surface area contributed by atoms with Gasteiger partial charge in [-0.2, -0.15) is 0 Å². The summed E-state index contributed by atoms with van der Waals surface area (Å²) in [5.41, 5.74) is 6.25. The number of carbonyl (C=O) groups is 1. The number of hydrogen-bond acceptors (Lipinski definition) is 6. The predicted molar refractivity (Wildman–Crippen MR) is 118 cm³/mol. The van der Waals surface area contributed by atoms with E-state index in [-0.39, 0.29) is 17.5 Å². The van der Waals surface area contributed by atoms with E-state index in [1.807, 2.05) is 6.92 Å². The summed E-state index contributed by atoms with van der Waals surface area (Å²) < 4.78 is 35.7. The summed E-state index contributed by atoms with van der Waals surface area (Å²) >= 11 is 0. The standard InChI is InChI=1S/C22H29NO5S.H3N/c1-4-6-15-28-19-9-7-17(8-10-19)16-22(3,21(23)24)29(25,26)20-13-11-18(12-14-20)27-5-2;/h7-14H,4-6,15-16H2,1-3H3,(H2,23,24);1H3. The molecule has 1 unspecified atom stereocenters. The number of primary amides is 1. The molecule has 1 amide bonds. The summed E-state index contributed by atoms with van der Waals surface area (Å²) in [6.45, 7) is 6.40. The summed E-state index contributed by atoms with van der Waals surface area (Å²) in [6.07, 6.45) is 1.97. The van der Waals surface area contributed by atoms with Gasteiger partial charge in [0.25, 0.3) is 0 Å². The fraction of sp³-hybridized carbons (Fsp3) is 0.409. The zero-order valence-electron chi connectivity index (χ0n) is 17.9. The molecule has 166 valence electrons. The van der Waals surface area contributed by atoms with E-state index in [2.05, 4.69) is 6.92 Å². The molecule has 1 atom stereocenters. The van der Waals surface area contributed by atoms with Gasteiger partial charge in [0.05, 0.1) is 18.1 Å². The first-order valence-electron chi connectivity index (χ1n) is 9.73. The molecule has 0 aliphatic carbocycles. The van der Waals surface area contributed by atoms with Crippen molar-refractivity contribution in [1.29, 1.82) is 0 Å². The van der Waals surface area contributed by atoms with E-state index in [0.717, 1.165) is 12.8 Å². The second-order valence-corrected chi connectivity index (χ2v) is 9.41. The number of rotatable bonds is 11. The lowest BCUT2D eigenvalue weighted by Gasteiger charge is -2.26. The van der Waals surface area contributed by atoms with Crippen LogP contribution in [0.15, 0.2) is 53.4 Å². The predicted octanol–water partition coefficient (Wildman–Crippen LogP) is 3.69. The molecule has 0 saturated carbocycles. The third-order valence-corrected chi connectivity index (χ3v) is 7.22. The van der Waals surface area contributed by atoms with Crippen LogP contribution in [-0.2, 0) is 21.1 Å². The molecule has 5 N–H and O–H groups in total. The maximum Gasteiger partial charge on any atom is 0.239 e. The Labute approximate surface area is 179 Å². The van der Waals surface area contributed by atoms with E-state index in [9.17, 15) is 13.2 Å². The van der Waals surface area contributed by atoms with Crippen LogP contribution in [0.1, 0.15) is 39.2 Å². The SMILES string of the molecule is CCCCOc1ccc(CC(C)(C(N)=O)S(=O)(=O)c2ccc(OCC)cc2)cc1.N. The third kappa shape index (κ3) is 5.73. The first-order chi connectivity index (χ1) is 13.7. The highest BCUT2D eigenvalue weighted by Crippen LogP contribution is 2.31. The van der Waals surface area contributed by atoms with Crippen LogP contribution in [0.4, 0.5) is 0 Å². The molecular formula is C22H32N2O5S. The second kappa shape index (κ2) is 11.0. The number of amides is 1. The van der Waals surface area contributed by atoms with E-state index in [1.165, 1.54) is 19.1 Å². The van der Waals surface area contributed by atoms with Gasteiger partial charge >= 0.3 is 0 Å². The van der Waals surface area contributed by atoms with E-state index < -0.39 is 20.5 Å². The molecule has 0 heterocycles. The number of sulfone groups is 1.